The first-order valence-electron chi connectivity index (χ1n) is 6.15. The lowest BCUT2D eigenvalue weighted by molar-refractivity contribution is -0.138. The highest BCUT2D eigenvalue weighted by Gasteiger charge is 2.25. The molecular formula is C12H24N2O2. The molecule has 0 radical (unpaired) electrons. The van der Waals surface area contributed by atoms with Crippen LogP contribution in [0, 0.1) is 11.8 Å². The number of carboxylic acids is 1. The maximum Gasteiger partial charge on any atom is 0.304 e. The van der Waals surface area contributed by atoms with Crippen molar-refractivity contribution >= 4 is 5.97 Å². The van der Waals surface area contributed by atoms with E-state index < -0.39 is 5.97 Å². The number of nitrogens with zero attached hydrogens (tertiary/aromatic N) is 1. The minimum Gasteiger partial charge on any atom is -0.481 e. The fourth-order valence-corrected chi connectivity index (χ4v) is 2.33. The molecule has 0 spiro atoms. The normalized spacial score (nSPS) is 28.0. The Morgan fingerprint density at radius 2 is 2.19 bits per heavy atom. The number of hydrogen-bond donors (Lipinski definition) is 2. The SMILES string of the molecule is CC(C)CN1CC(C)CNCC1CC(=O)O. The molecule has 1 rings (SSSR count). The van der Waals surface area contributed by atoms with Crippen LogP contribution in [0.15, 0.2) is 0 Å². The number of hydrogen-bond acceptors (Lipinski definition) is 3. The summed E-state index contributed by atoms with van der Waals surface area (Å²) in [5, 5.41) is 12.3. The van der Waals surface area contributed by atoms with Crippen molar-refractivity contribution in [2.24, 2.45) is 11.8 Å². The Balaban J connectivity index is 2.62. The molecule has 4 nitrogen and oxygen atoms in total. The third-order valence-corrected chi connectivity index (χ3v) is 2.95. The summed E-state index contributed by atoms with van der Waals surface area (Å²) in [6.45, 7) is 10.4. The quantitative estimate of drug-likeness (QED) is 0.754. The van der Waals surface area contributed by atoms with E-state index in [9.17, 15) is 4.79 Å². The van der Waals surface area contributed by atoms with Crippen LogP contribution in [0.2, 0.25) is 0 Å². The standard InChI is InChI=1S/C12H24N2O2/c1-9(2)7-14-8-10(3)5-13-6-11(14)4-12(15)16/h9-11,13H,4-8H2,1-3H3,(H,15,16). The average molecular weight is 228 g/mol. The molecule has 0 aliphatic carbocycles. The summed E-state index contributed by atoms with van der Waals surface area (Å²) in [7, 11) is 0. The number of nitrogens with one attached hydrogen (secondary N) is 1. The first kappa shape index (κ1) is 13.5. The number of carboxylic acid groups (broad SMARTS) is 1. The second-order valence-corrected chi connectivity index (χ2v) is 5.36. The van der Waals surface area contributed by atoms with Crippen LogP contribution >= 0.6 is 0 Å². The van der Waals surface area contributed by atoms with E-state index in [1.807, 2.05) is 0 Å². The van der Waals surface area contributed by atoms with Crippen molar-refractivity contribution in [1.29, 1.82) is 0 Å². The predicted octanol–water partition coefficient (Wildman–Crippen LogP) is 1.03. The molecule has 94 valence electrons. The van der Waals surface area contributed by atoms with Crippen LogP contribution in [0.4, 0.5) is 0 Å². The Hall–Kier alpha value is -0.610. The van der Waals surface area contributed by atoms with Crippen LogP contribution in [0.1, 0.15) is 27.2 Å². The maximum atomic E-state index is 10.8. The maximum absolute atomic E-state index is 10.8. The number of carbonyl (C=O) groups is 1. The van der Waals surface area contributed by atoms with Gasteiger partial charge in [-0.25, -0.2) is 0 Å². The molecule has 16 heavy (non-hydrogen) atoms. The van der Waals surface area contributed by atoms with Gasteiger partial charge in [-0.05, 0) is 18.4 Å². The largest absolute Gasteiger partial charge is 0.481 e. The molecule has 0 bridgehead atoms. The van der Waals surface area contributed by atoms with Crippen LogP contribution in [0.25, 0.3) is 0 Å². The van der Waals surface area contributed by atoms with Crippen LogP contribution in [-0.4, -0.2) is 48.2 Å². The molecule has 0 aromatic rings. The van der Waals surface area contributed by atoms with Gasteiger partial charge in [-0.15, -0.1) is 0 Å². The zero-order chi connectivity index (χ0) is 12.1. The molecule has 1 heterocycles. The van der Waals surface area contributed by atoms with Crippen molar-refractivity contribution < 1.29 is 9.90 Å². The highest BCUT2D eigenvalue weighted by atomic mass is 16.4. The fourth-order valence-electron chi connectivity index (χ4n) is 2.33. The topological polar surface area (TPSA) is 52.6 Å². The molecule has 0 amide bonds. The van der Waals surface area contributed by atoms with E-state index in [4.69, 9.17) is 5.11 Å². The Labute approximate surface area is 98.0 Å². The van der Waals surface area contributed by atoms with Crippen molar-refractivity contribution in [3.05, 3.63) is 0 Å². The van der Waals surface area contributed by atoms with E-state index in [-0.39, 0.29) is 12.5 Å². The average Bonchev–Trinajstić information content (AvgIpc) is 2.27. The third kappa shape index (κ3) is 4.49. The van der Waals surface area contributed by atoms with Crippen LogP contribution in [0.5, 0.6) is 0 Å². The molecule has 0 saturated carbocycles. The monoisotopic (exact) mass is 228 g/mol. The van der Waals surface area contributed by atoms with Gasteiger partial charge in [0.05, 0.1) is 6.42 Å². The van der Waals surface area contributed by atoms with E-state index in [2.05, 4.69) is 31.0 Å². The van der Waals surface area contributed by atoms with Gasteiger partial charge in [-0.1, -0.05) is 20.8 Å². The Morgan fingerprint density at radius 3 is 2.75 bits per heavy atom. The lowest BCUT2D eigenvalue weighted by atomic mass is 10.1. The first-order valence-corrected chi connectivity index (χ1v) is 6.15. The highest BCUT2D eigenvalue weighted by Crippen LogP contribution is 2.13. The lowest BCUT2D eigenvalue weighted by Crippen LogP contribution is -2.43. The summed E-state index contributed by atoms with van der Waals surface area (Å²) in [4.78, 5) is 13.2. The van der Waals surface area contributed by atoms with Crippen LogP contribution in [0.3, 0.4) is 0 Å². The van der Waals surface area contributed by atoms with E-state index in [0.29, 0.717) is 11.8 Å². The van der Waals surface area contributed by atoms with Gasteiger partial charge in [-0.2, -0.15) is 0 Å². The lowest BCUT2D eigenvalue weighted by Gasteiger charge is -2.31. The molecule has 2 atom stereocenters. The molecular weight excluding hydrogens is 204 g/mol. The van der Waals surface area contributed by atoms with Gasteiger partial charge in [0, 0.05) is 25.7 Å². The second kappa shape index (κ2) is 6.21. The van der Waals surface area contributed by atoms with Crippen molar-refractivity contribution in [3.63, 3.8) is 0 Å². The van der Waals surface area contributed by atoms with Crippen molar-refractivity contribution in [3.8, 4) is 0 Å². The summed E-state index contributed by atoms with van der Waals surface area (Å²) >= 11 is 0. The van der Waals surface area contributed by atoms with Gasteiger partial charge in [0.2, 0.25) is 0 Å². The fraction of sp³-hybridized carbons (Fsp3) is 0.917. The van der Waals surface area contributed by atoms with Crippen LogP contribution < -0.4 is 5.32 Å². The highest BCUT2D eigenvalue weighted by molar-refractivity contribution is 5.67. The molecule has 2 N–H and O–H groups in total. The van der Waals surface area contributed by atoms with Gasteiger partial charge >= 0.3 is 5.97 Å². The second-order valence-electron chi connectivity index (χ2n) is 5.36. The minimum absolute atomic E-state index is 0.143. The molecule has 1 aliphatic rings. The molecule has 4 heteroatoms. The van der Waals surface area contributed by atoms with Gasteiger partial charge in [0.1, 0.15) is 0 Å². The molecule has 2 unspecified atom stereocenters. The van der Waals surface area contributed by atoms with E-state index in [1.54, 1.807) is 0 Å². The van der Waals surface area contributed by atoms with Gasteiger partial charge in [-0.3, -0.25) is 9.69 Å². The first-order chi connectivity index (χ1) is 7.49. The zero-order valence-electron chi connectivity index (χ0n) is 10.6. The molecule has 0 aromatic carbocycles. The van der Waals surface area contributed by atoms with Crippen molar-refractivity contribution in [1.82, 2.24) is 10.2 Å². The Bertz CT molecular complexity index is 231. The van der Waals surface area contributed by atoms with Crippen molar-refractivity contribution in [2.45, 2.75) is 33.2 Å². The number of aliphatic carboxylic acids is 1. The smallest absolute Gasteiger partial charge is 0.304 e. The van der Waals surface area contributed by atoms with Gasteiger partial charge in [0.25, 0.3) is 0 Å². The summed E-state index contributed by atoms with van der Waals surface area (Å²) in [5.74, 6) is 0.481. The summed E-state index contributed by atoms with van der Waals surface area (Å²) in [6, 6.07) is 0.143. The van der Waals surface area contributed by atoms with E-state index in [1.165, 1.54) is 0 Å². The minimum atomic E-state index is -0.699. The summed E-state index contributed by atoms with van der Waals surface area (Å²) in [6.07, 6.45) is 0.242. The Kier molecular flexibility index (Phi) is 5.22. The van der Waals surface area contributed by atoms with E-state index >= 15 is 0 Å². The summed E-state index contributed by atoms with van der Waals surface area (Å²) < 4.78 is 0. The third-order valence-electron chi connectivity index (χ3n) is 2.95. The van der Waals surface area contributed by atoms with Gasteiger partial charge < -0.3 is 10.4 Å². The van der Waals surface area contributed by atoms with Crippen LogP contribution in [-0.2, 0) is 4.79 Å². The van der Waals surface area contributed by atoms with Crippen molar-refractivity contribution in [2.75, 3.05) is 26.2 Å². The van der Waals surface area contributed by atoms with Gasteiger partial charge in [0.15, 0.2) is 0 Å². The molecule has 1 saturated heterocycles. The predicted molar refractivity (Wildman–Crippen MR) is 64.5 cm³/mol. The Morgan fingerprint density at radius 1 is 1.50 bits per heavy atom. The van der Waals surface area contributed by atoms with E-state index in [0.717, 1.165) is 26.2 Å². The molecule has 0 aromatic heterocycles. The summed E-state index contributed by atoms with van der Waals surface area (Å²) in [5.41, 5.74) is 0. The molecule has 1 aliphatic heterocycles. The molecule has 1 fully saturated rings. The number of rotatable bonds is 4. The zero-order valence-corrected chi connectivity index (χ0v) is 10.6.